The summed E-state index contributed by atoms with van der Waals surface area (Å²) < 4.78 is 38.2. The van der Waals surface area contributed by atoms with E-state index in [0.29, 0.717) is 22.4 Å². The second-order valence-corrected chi connectivity index (χ2v) is 10.4. The van der Waals surface area contributed by atoms with E-state index in [1.165, 1.54) is 23.9 Å². The molecule has 8 heteroatoms. The Morgan fingerprint density at radius 3 is 2.44 bits per heavy atom. The number of amides is 1. The number of nitrogens with zero attached hydrogens (tertiary/aromatic N) is 1. The fourth-order valence-corrected chi connectivity index (χ4v) is 4.71. The van der Waals surface area contributed by atoms with Gasteiger partial charge in [0, 0.05) is 34.2 Å². The SMILES string of the molecule is CSc1ccc(C(=O)Nc2cccc(-c3ccccn3)c2)c(-c2ccc(S(C)(=O)=O)c(F)c2)c1. The van der Waals surface area contributed by atoms with E-state index in [1.807, 2.05) is 48.7 Å². The van der Waals surface area contributed by atoms with E-state index in [1.54, 1.807) is 24.4 Å². The van der Waals surface area contributed by atoms with Gasteiger partial charge in [0.1, 0.15) is 10.7 Å². The summed E-state index contributed by atoms with van der Waals surface area (Å²) >= 11 is 1.48. The van der Waals surface area contributed by atoms with Crippen molar-refractivity contribution in [2.75, 3.05) is 17.8 Å². The van der Waals surface area contributed by atoms with Crippen molar-refractivity contribution in [3.8, 4) is 22.4 Å². The highest BCUT2D eigenvalue weighted by Crippen LogP contribution is 2.31. The Kier molecular flexibility index (Phi) is 6.81. The quantitative estimate of drug-likeness (QED) is 0.338. The lowest BCUT2D eigenvalue weighted by molar-refractivity contribution is 0.102. The van der Waals surface area contributed by atoms with Crippen molar-refractivity contribution in [3.05, 3.63) is 96.4 Å². The van der Waals surface area contributed by atoms with Gasteiger partial charge in [-0.25, -0.2) is 12.8 Å². The highest BCUT2D eigenvalue weighted by Gasteiger charge is 2.18. The minimum absolute atomic E-state index is 0.340. The maximum Gasteiger partial charge on any atom is 0.256 e. The molecule has 0 atom stereocenters. The number of benzene rings is 3. The number of anilines is 1. The van der Waals surface area contributed by atoms with Crippen molar-refractivity contribution >= 4 is 33.2 Å². The molecule has 0 saturated carbocycles. The van der Waals surface area contributed by atoms with Crippen LogP contribution in [-0.4, -0.2) is 31.8 Å². The molecule has 0 radical (unpaired) electrons. The summed E-state index contributed by atoms with van der Waals surface area (Å²) in [5, 5.41) is 2.90. The number of nitrogens with one attached hydrogen (secondary N) is 1. The van der Waals surface area contributed by atoms with E-state index < -0.39 is 15.7 Å². The van der Waals surface area contributed by atoms with Gasteiger partial charge in [-0.1, -0.05) is 24.3 Å². The third-order valence-corrected chi connectivity index (χ3v) is 7.05. The fraction of sp³-hybridized carbons (Fsp3) is 0.0769. The molecule has 0 bridgehead atoms. The number of rotatable bonds is 6. The van der Waals surface area contributed by atoms with Crippen molar-refractivity contribution < 1.29 is 17.6 Å². The highest BCUT2D eigenvalue weighted by atomic mass is 32.2. The molecule has 0 aliphatic heterocycles. The third-order valence-electron chi connectivity index (χ3n) is 5.19. The molecular formula is C26H21FN2O3S2. The Balaban J connectivity index is 1.71. The number of thioether (sulfide) groups is 1. The molecule has 0 saturated heterocycles. The number of carbonyl (C=O) groups is 1. The second-order valence-electron chi connectivity index (χ2n) is 7.58. The minimum Gasteiger partial charge on any atom is -0.322 e. The van der Waals surface area contributed by atoms with Gasteiger partial charge in [-0.05, 0) is 72.0 Å². The molecule has 1 aromatic heterocycles. The van der Waals surface area contributed by atoms with Gasteiger partial charge in [-0.15, -0.1) is 11.8 Å². The predicted molar refractivity (Wildman–Crippen MR) is 134 cm³/mol. The molecule has 1 amide bonds. The lowest BCUT2D eigenvalue weighted by atomic mass is 9.99. The van der Waals surface area contributed by atoms with E-state index in [2.05, 4.69) is 10.3 Å². The maximum absolute atomic E-state index is 14.6. The molecule has 4 rings (SSSR count). The summed E-state index contributed by atoms with van der Waals surface area (Å²) in [6, 6.07) is 22.1. The van der Waals surface area contributed by atoms with Gasteiger partial charge in [0.2, 0.25) is 0 Å². The van der Waals surface area contributed by atoms with Gasteiger partial charge < -0.3 is 5.32 Å². The van der Waals surface area contributed by atoms with E-state index in [0.717, 1.165) is 28.5 Å². The number of sulfone groups is 1. The number of pyridine rings is 1. The summed E-state index contributed by atoms with van der Waals surface area (Å²) in [4.78, 5) is 18.1. The van der Waals surface area contributed by atoms with Crippen LogP contribution in [0.25, 0.3) is 22.4 Å². The first-order chi connectivity index (χ1) is 16.3. The molecule has 1 heterocycles. The normalized spacial score (nSPS) is 11.3. The summed E-state index contributed by atoms with van der Waals surface area (Å²) in [5.74, 6) is -1.22. The predicted octanol–water partition coefficient (Wildman–Crippen LogP) is 5.93. The van der Waals surface area contributed by atoms with Crippen LogP contribution in [-0.2, 0) is 9.84 Å². The van der Waals surface area contributed by atoms with Gasteiger partial charge in [0.15, 0.2) is 9.84 Å². The maximum atomic E-state index is 14.6. The molecule has 0 unspecified atom stereocenters. The van der Waals surface area contributed by atoms with E-state index in [9.17, 15) is 17.6 Å². The lowest BCUT2D eigenvalue weighted by Gasteiger charge is -2.13. The fourth-order valence-electron chi connectivity index (χ4n) is 3.54. The van der Waals surface area contributed by atoms with E-state index in [4.69, 9.17) is 0 Å². The van der Waals surface area contributed by atoms with Crippen LogP contribution in [0.5, 0.6) is 0 Å². The second kappa shape index (κ2) is 9.79. The van der Waals surface area contributed by atoms with Gasteiger partial charge in [-0.2, -0.15) is 0 Å². The first-order valence-electron chi connectivity index (χ1n) is 10.3. The first-order valence-corrected chi connectivity index (χ1v) is 13.4. The van der Waals surface area contributed by atoms with Crippen LogP contribution in [0.1, 0.15) is 10.4 Å². The largest absolute Gasteiger partial charge is 0.322 e. The van der Waals surface area contributed by atoms with Crippen molar-refractivity contribution in [2.45, 2.75) is 9.79 Å². The smallest absolute Gasteiger partial charge is 0.256 e. The van der Waals surface area contributed by atoms with Crippen LogP contribution in [0.15, 0.2) is 94.9 Å². The van der Waals surface area contributed by atoms with Crippen LogP contribution >= 0.6 is 11.8 Å². The summed E-state index contributed by atoms with van der Waals surface area (Å²) in [5.41, 5.74) is 3.48. The van der Waals surface area contributed by atoms with Crippen LogP contribution in [0.4, 0.5) is 10.1 Å². The third kappa shape index (κ3) is 5.18. The molecule has 5 nitrogen and oxygen atoms in total. The first kappa shape index (κ1) is 23.7. The topological polar surface area (TPSA) is 76.1 Å². The number of hydrogen-bond acceptors (Lipinski definition) is 5. The summed E-state index contributed by atoms with van der Waals surface area (Å²) in [6.07, 6.45) is 4.56. The zero-order valence-corrected chi connectivity index (χ0v) is 20.1. The van der Waals surface area contributed by atoms with Gasteiger partial charge >= 0.3 is 0 Å². The van der Waals surface area contributed by atoms with Crippen LogP contribution in [0.3, 0.4) is 0 Å². The molecule has 1 N–H and O–H groups in total. The highest BCUT2D eigenvalue weighted by molar-refractivity contribution is 7.98. The zero-order chi connectivity index (χ0) is 24.3. The number of hydrogen-bond donors (Lipinski definition) is 1. The van der Waals surface area contributed by atoms with Crippen LogP contribution in [0, 0.1) is 5.82 Å². The molecule has 0 aliphatic rings. The zero-order valence-electron chi connectivity index (χ0n) is 18.4. The average Bonchev–Trinajstić information content (AvgIpc) is 2.83. The standard InChI is InChI=1S/C26H21FN2O3S2/c1-33-20-10-11-21(22(16-20)17-9-12-25(23(27)15-17)34(2,31)32)26(30)29-19-7-5-6-18(14-19)24-8-3-4-13-28-24/h3-16H,1-2H3,(H,29,30). The number of carbonyl (C=O) groups excluding carboxylic acids is 1. The summed E-state index contributed by atoms with van der Waals surface area (Å²) in [7, 11) is -3.70. The Bertz CT molecular complexity index is 1470. The van der Waals surface area contributed by atoms with Crippen molar-refractivity contribution in [2.24, 2.45) is 0 Å². The molecular weight excluding hydrogens is 471 g/mol. The Hall–Kier alpha value is -3.49. The van der Waals surface area contributed by atoms with Gasteiger partial charge in [0.05, 0.1) is 5.69 Å². The molecule has 0 fully saturated rings. The molecule has 0 aliphatic carbocycles. The Morgan fingerprint density at radius 2 is 1.76 bits per heavy atom. The van der Waals surface area contributed by atoms with Crippen molar-refractivity contribution in [1.29, 1.82) is 0 Å². The Morgan fingerprint density at radius 1 is 0.941 bits per heavy atom. The summed E-state index contributed by atoms with van der Waals surface area (Å²) in [6.45, 7) is 0. The van der Waals surface area contributed by atoms with Crippen molar-refractivity contribution in [1.82, 2.24) is 4.98 Å². The monoisotopic (exact) mass is 492 g/mol. The van der Waals surface area contributed by atoms with Crippen LogP contribution in [0.2, 0.25) is 0 Å². The average molecular weight is 493 g/mol. The van der Waals surface area contributed by atoms with E-state index in [-0.39, 0.29) is 10.8 Å². The molecule has 0 spiro atoms. The van der Waals surface area contributed by atoms with Crippen LogP contribution < -0.4 is 5.32 Å². The van der Waals surface area contributed by atoms with Crippen molar-refractivity contribution in [3.63, 3.8) is 0 Å². The van der Waals surface area contributed by atoms with Gasteiger partial charge in [0.25, 0.3) is 5.91 Å². The molecule has 4 aromatic rings. The van der Waals surface area contributed by atoms with E-state index >= 15 is 0 Å². The molecule has 172 valence electrons. The number of aromatic nitrogens is 1. The molecule has 3 aromatic carbocycles. The minimum atomic E-state index is -3.70. The number of halogens is 1. The lowest BCUT2D eigenvalue weighted by Crippen LogP contribution is -2.13. The van der Waals surface area contributed by atoms with Gasteiger partial charge in [-0.3, -0.25) is 9.78 Å². The molecule has 34 heavy (non-hydrogen) atoms. The Labute approximate surface area is 202 Å².